The summed E-state index contributed by atoms with van der Waals surface area (Å²) in [5.41, 5.74) is 6.65. The second kappa shape index (κ2) is 6.62. The van der Waals surface area contributed by atoms with Crippen molar-refractivity contribution in [3.05, 3.63) is 35.9 Å². The van der Waals surface area contributed by atoms with E-state index in [4.69, 9.17) is 10.5 Å². The summed E-state index contributed by atoms with van der Waals surface area (Å²) in [6.07, 6.45) is 4.35. The minimum atomic E-state index is -0.651. The normalized spacial score (nSPS) is 17.2. The van der Waals surface area contributed by atoms with Gasteiger partial charge in [-0.25, -0.2) is 4.79 Å². The third-order valence-electron chi connectivity index (χ3n) is 3.00. The number of halogens is 1. The lowest BCUT2D eigenvalue weighted by atomic mass is 10.1. The van der Waals surface area contributed by atoms with E-state index in [0.717, 1.165) is 31.2 Å². The third kappa shape index (κ3) is 3.72. The highest BCUT2D eigenvalue weighted by atomic mass is 35.5. The highest BCUT2D eigenvalue weighted by molar-refractivity contribution is 5.85. The van der Waals surface area contributed by atoms with Gasteiger partial charge in [-0.15, -0.1) is 12.4 Å². The van der Waals surface area contributed by atoms with Gasteiger partial charge in [-0.05, 0) is 31.2 Å². The molecule has 1 atom stereocenters. The third-order valence-corrected chi connectivity index (χ3v) is 3.00. The molecular formula is C13H18ClNO2. The molecule has 0 radical (unpaired) electrons. The Morgan fingerprint density at radius 1 is 1.24 bits per heavy atom. The first-order valence-electron chi connectivity index (χ1n) is 5.78. The lowest BCUT2D eigenvalue weighted by molar-refractivity contribution is -0.150. The van der Waals surface area contributed by atoms with Crippen LogP contribution in [0.15, 0.2) is 30.3 Å². The van der Waals surface area contributed by atoms with Crippen molar-refractivity contribution in [1.29, 1.82) is 0 Å². The van der Waals surface area contributed by atoms with E-state index < -0.39 is 6.04 Å². The van der Waals surface area contributed by atoms with Crippen LogP contribution in [-0.2, 0) is 9.53 Å². The Kier molecular flexibility index (Phi) is 5.45. The molecule has 0 heterocycles. The van der Waals surface area contributed by atoms with E-state index >= 15 is 0 Å². The Morgan fingerprint density at radius 2 is 1.82 bits per heavy atom. The van der Waals surface area contributed by atoms with E-state index in [1.54, 1.807) is 0 Å². The topological polar surface area (TPSA) is 52.3 Å². The number of carbonyl (C=O) groups excluding carboxylic acids is 1. The summed E-state index contributed by atoms with van der Waals surface area (Å²) < 4.78 is 5.36. The van der Waals surface area contributed by atoms with Crippen molar-refractivity contribution in [3.63, 3.8) is 0 Å². The number of hydrogen-bond donors (Lipinski definition) is 1. The fourth-order valence-electron chi connectivity index (χ4n) is 2.04. The minimum absolute atomic E-state index is 0. The van der Waals surface area contributed by atoms with E-state index in [1.807, 2.05) is 30.3 Å². The lowest BCUT2D eigenvalue weighted by Gasteiger charge is -2.15. The van der Waals surface area contributed by atoms with Crippen LogP contribution < -0.4 is 5.73 Å². The molecule has 0 bridgehead atoms. The van der Waals surface area contributed by atoms with Gasteiger partial charge in [0.05, 0.1) is 0 Å². The molecule has 1 fully saturated rings. The van der Waals surface area contributed by atoms with Crippen LogP contribution in [0.1, 0.15) is 37.3 Å². The Hall–Kier alpha value is -1.06. The molecule has 0 aliphatic heterocycles. The van der Waals surface area contributed by atoms with Crippen LogP contribution in [0.2, 0.25) is 0 Å². The van der Waals surface area contributed by atoms with E-state index in [1.165, 1.54) is 0 Å². The Balaban J connectivity index is 0.00000144. The van der Waals surface area contributed by atoms with Crippen molar-refractivity contribution in [1.82, 2.24) is 0 Å². The second-order valence-corrected chi connectivity index (χ2v) is 4.23. The molecule has 2 rings (SSSR count). The molecule has 1 aromatic carbocycles. The molecule has 4 heteroatoms. The maximum absolute atomic E-state index is 11.8. The van der Waals surface area contributed by atoms with Crippen LogP contribution in [0, 0.1) is 0 Å². The van der Waals surface area contributed by atoms with E-state index in [9.17, 15) is 4.79 Å². The first-order chi connectivity index (χ1) is 7.77. The van der Waals surface area contributed by atoms with Crippen LogP contribution >= 0.6 is 12.4 Å². The van der Waals surface area contributed by atoms with Gasteiger partial charge in [-0.3, -0.25) is 0 Å². The molecule has 1 aliphatic carbocycles. The highest BCUT2D eigenvalue weighted by Crippen LogP contribution is 2.23. The molecule has 3 nitrogen and oxygen atoms in total. The molecule has 1 aromatic rings. The zero-order valence-electron chi connectivity index (χ0n) is 9.67. The lowest BCUT2D eigenvalue weighted by Crippen LogP contribution is -2.27. The summed E-state index contributed by atoms with van der Waals surface area (Å²) in [7, 11) is 0. The standard InChI is InChI=1S/C13H17NO2.ClH/c14-12(10-6-2-1-3-7-10)13(15)16-11-8-4-5-9-11;/h1-3,6-7,11-12H,4-5,8-9,14H2;1H/t12-;/m1./s1. The van der Waals surface area contributed by atoms with Crippen LogP contribution in [0.3, 0.4) is 0 Å². The fraction of sp³-hybridized carbons (Fsp3) is 0.462. The van der Waals surface area contributed by atoms with Gasteiger partial charge in [0.25, 0.3) is 0 Å². The molecule has 1 saturated carbocycles. The van der Waals surface area contributed by atoms with Gasteiger partial charge in [0.15, 0.2) is 0 Å². The molecule has 0 aromatic heterocycles. The van der Waals surface area contributed by atoms with Crippen molar-refractivity contribution in [3.8, 4) is 0 Å². The van der Waals surface area contributed by atoms with E-state index in [2.05, 4.69) is 0 Å². The van der Waals surface area contributed by atoms with Gasteiger partial charge < -0.3 is 10.5 Å². The summed E-state index contributed by atoms with van der Waals surface area (Å²) in [6, 6.07) is 8.69. The first kappa shape index (κ1) is 14.0. The number of nitrogens with two attached hydrogens (primary N) is 1. The molecular weight excluding hydrogens is 238 g/mol. The van der Waals surface area contributed by atoms with Crippen LogP contribution in [0.5, 0.6) is 0 Å². The van der Waals surface area contributed by atoms with E-state index in [0.29, 0.717) is 0 Å². The van der Waals surface area contributed by atoms with Crippen LogP contribution in [0.4, 0.5) is 0 Å². The van der Waals surface area contributed by atoms with Crippen molar-refractivity contribution < 1.29 is 9.53 Å². The van der Waals surface area contributed by atoms with Crippen molar-refractivity contribution in [2.75, 3.05) is 0 Å². The Morgan fingerprint density at radius 3 is 2.41 bits per heavy atom. The monoisotopic (exact) mass is 255 g/mol. The second-order valence-electron chi connectivity index (χ2n) is 4.23. The van der Waals surface area contributed by atoms with Crippen molar-refractivity contribution in [2.24, 2.45) is 5.73 Å². The fourth-order valence-corrected chi connectivity index (χ4v) is 2.04. The van der Waals surface area contributed by atoms with Crippen LogP contribution in [-0.4, -0.2) is 12.1 Å². The average Bonchev–Trinajstić information content (AvgIpc) is 2.82. The van der Waals surface area contributed by atoms with Gasteiger partial charge in [0.2, 0.25) is 0 Å². The summed E-state index contributed by atoms with van der Waals surface area (Å²) in [6.45, 7) is 0. The number of benzene rings is 1. The molecule has 0 spiro atoms. The van der Waals surface area contributed by atoms with Gasteiger partial charge in [0, 0.05) is 0 Å². The summed E-state index contributed by atoms with van der Waals surface area (Å²) in [5, 5.41) is 0. The molecule has 17 heavy (non-hydrogen) atoms. The van der Waals surface area contributed by atoms with Gasteiger partial charge in [0.1, 0.15) is 12.1 Å². The SMILES string of the molecule is Cl.N[C@@H](C(=O)OC1CCCC1)c1ccccc1. The number of hydrogen-bond acceptors (Lipinski definition) is 3. The molecule has 0 unspecified atom stereocenters. The summed E-state index contributed by atoms with van der Waals surface area (Å²) in [5.74, 6) is -0.307. The van der Waals surface area contributed by atoms with Crippen molar-refractivity contribution in [2.45, 2.75) is 37.8 Å². The first-order valence-corrected chi connectivity index (χ1v) is 5.78. The van der Waals surface area contributed by atoms with Crippen LogP contribution in [0.25, 0.3) is 0 Å². The van der Waals surface area contributed by atoms with E-state index in [-0.39, 0.29) is 24.5 Å². The maximum atomic E-state index is 11.8. The zero-order valence-corrected chi connectivity index (χ0v) is 10.5. The largest absolute Gasteiger partial charge is 0.461 e. The summed E-state index contributed by atoms with van der Waals surface area (Å²) in [4.78, 5) is 11.8. The van der Waals surface area contributed by atoms with Crippen molar-refractivity contribution >= 4 is 18.4 Å². The Labute approximate surface area is 108 Å². The smallest absolute Gasteiger partial charge is 0.327 e. The van der Waals surface area contributed by atoms with Gasteiger partial charge >= 0.3 is 5.97 Å². The predicted octanol–water partition coefficient (Wildman–Crippen LogP) is 2.59. The predicted molar refractivity (Wildman–Crippen MR) is 69.0 cm³/mol. The molecule has 0 saturated heterocycles. The maximum Gasteiger partial charge on any atom is 0.327 e. The molecule has 2 N–H and O–H groups in total. The highest BCUT2D eigenvalue weighted by Gasteiger charge is 2.23. The van der Waals surface area contributed by atoms with Gasteiger partial charge in [-0.1, -0.05) is 30.3 Å². The number of carbonyl (C=O) groups is 1. The molecule has 1 aliphatic rings. The van der Waals surface area contributed by atoms with Gasteiger partial charge in [-0.2, -0.15) is 0 Å². The Bertz CT molecular complexity index is 350. The molecule has 94 valence electrons. The number of esters is 1. The average molecular weight is 256 g/mol. The number of ether oxygens (including phenoxy) is 1. The minimum Gasteiger partial charge on any atom is -0.461 e. The number of rotatable bonds is 3. The molecule has 0 amide bonds. The summed E-state index contributed by atoms with van der Waals surface area (Å²) >= 11 is 0. The quantitative estimate of drug-likeness (QED) is 0.845. The zero-order chi connectivity index (χ0) is 11.4.